The molecule has 0 aliphatic rings. The lowest BCUT2D eigenvalue weighted by Gasteiger charge is -2.27. The first kappa shape index (κ1) is 17.3. The topological polar surface area (TPSA) is 38.3 Å². The van der Waals surface area contributed by atoms with Crippen molar-refractivity contribution < 1.29 is 8.95 Å². The number of hydrogen-bond donors (Lipinski definition) is 1. The summed E-state index contributed by atoms with van der Waals surface area (Å²) in [4.78, 5) is 0. The number of hydrogen-bond acceptors (Lipinski definition) is 3. The van der Waals surface area contributed by atoms with E-state index in [1.165, 1.54) is 5.56 Å². The molecule has 114 valence electrons. The van der Waals surface area contributed by atoms with Gasteiger partial charge in [-0.15, -0.1) is 0 Å². The summed E-state index contributed by atoms with van der Waals surface area (Å²) in [6.07, 6.45) is 1.76. The van der Waals surface area contributed by atoms with Gasteiger partial charge in [-0.05, 0) is 24.9 Å². The van der Waals surface area contributed by atoms with Gasteiger partial charge in [-0.2, -0.15) is 0 Å². The van der Waals surface area contributed by atoms with Crippen LogP contribution in [-0.2, 0) is 15.5 Å². The van der Waals surface area contributed by atoms with Crippen molar-refractivity contribution in [2.45, 2.75) is 38.0 Å². The lowest BCUT2D eigenvalue weighted by molar-refractivity contribution is 0.200. The highest BCUT2D eigenvalue weighted by atomic mass is 32.2. The lowest BCUT2D eigenvalue weighted by Crippen LogP contribution is -2.35. The van der Waals surface area contributed by atoms with Crippen LogP contribution in [0.1, 0.15) is 38.3 Å². The van der Waals surface area contributed by atoms with E-state index in [1.54, 1.807) is 7.11 Å². The van der Waals surface area contributed by atoms with Gasteiger partial charge in [0.2, 0.25) is 0 Å². The summed E-state index contributed by atoms with van der Waals surface area (Å²) in [7, 11) is 0.852. The van der Waals surface area contributed by atoms with Gasteiger partial charge in [-0.25, -0.2) is 0 Å². The van der Waals surface area contributed by atoms with Gasteiger partial charge < -0.3 is 10.1 Å². The third-order valence-corrected chi connectivity index (χ3v) is 5.36. The fourth-order valence-corrected chi connectivity index (χ4v) is 4.05. The predicted molar refractivity (Wildman–Crippen MR) is 86.4 cm³/mol. The first-order valence-electron chi connectivity index (χ1n) is 7.39. The van der Waals surface area contributed by atoms with Crippen LogP contribution in [0.25, 0.3) is 0 Å². The van der Waals surface area contributed by atoms with E-state index in [-0.39, 0.29) is 11.3 Å². The van der Waals surface area contributed by atoms with Crippen LogP contribution in [0.5, 0.6) is 0 Å². The van der Waals surface area contributed by atoms with E-state index in [1.807, 2.05) is 18.2 Å². The largest absolute Gasteiger partial charge is 0.385 e. The van der Waals surface area contributed by atoms with E-state index in [4.69, 9.17) is 4.74 Å². The first-order chi connectivity index (χ1) is 9.74. The zero-order valence-electron chi connectivity index (χ0n) is 12.8. The average Bonchev–Trinajstić information content (AvgIpc) is 2.48. The van der Waals surface area contributed by atoms with Gasteiger partial charge in [0, 0.05) is 36.3 Å². The van der Waals surface area contributed by atoms with E-state index in [9.17, 15) is 4.21 Å². The van der Waals surface area contributed by atoms with Gasteiger partial charge in [0.15, 0.2) is 0 Å². The molecule has 0 fully saturated rings. The number of ether oxygens (including phenoxy) is 1. The maximum atomic E-state index is 12.6. The highest BCUT2D eigenvalue weighted by Gasteiger charge is 2.25. The highest BCUT2D eigenvalue weighted by Crippen LogP contribution is 2.23. The van der Waals surface area contributed by atoms with Gasteiger partial charge in [-0.3, -0.25) is 4.21 Å². The van der Waals surface area contributed by atoms with Gasteiger partial charge in [0.25, 0.3) is 0 Å². The smallest absolute Gasteiger partial charge is 0.0540 e. The van der Waals surface area contributed by atoms with Crippen molar-refractivity contribution >= 4 is 10.8 Å². The molecule has 3 unspecified atom stereocenters. The van der Waals surface area contributed by atoms with Crippen molar-refractivity contribution in [2.75, 3.05) is 26.0 Å². The molecule has 0 heterocycles. The molecule has 1 aromatic rings. The number of methoxy groups -OCH3 is 1. The van der Waals surface area contributed by atoms with E-state index >= 15 is 0 Å². The third-order valence-electron chi connectivity index (χ3n) is 3.39. The Kier molecular flexibility index (Phi) is 8.74. The van der Waals surface area contributed by atoms with Crippen LogP contribution < -0.4 is 5.32 Å². The monoisotopic (exact) mass is 297 g/mol. The average molecular weight is 297 g/mol. The summed E-state index contributed by atoms with van der Waals surface area (Å²) in [5.41, 5.74) is 1.22. The molecule has 3 atom stereocenters. The minimum absolute atomic E-state index is 0.147. The van der Waals surface area contributed by atoms with Crippen molar-refractivity contribution in [1.82, 2.24) is 5.32 Å². The summed E-state index contributed by atoms with van der Waals surface area (Å²) in [5.74, 6) is 0.709. The molecule has 0 spiro atoms. The van der Waals surface area contributed by atoms with Gasteiger partial charge >= 0.3 is 0 Å². The number of rotatable bonds is 10. The van der Waals surface area contributed by atoms with Crippen molar-refractivity contribution in [3.05, 3.63) is 35.9 Å². The van der Waals surface area contributed by atoms with E-state index in [2.05, 4.69) is 31.3 Å². The Hall–Kier alpha value is -0.710. The van der Waals surface area contributed by atoms with Crippen molar-refractivity contribution in [2.24, 2.45) is 0 Å². The Morgan fingerprint density at radius 2 is 1.95 bits per heavy atom. The molecule has 1 rings (SSSR count). The molecular weight excluding hydrogens is 270 g/mol. The Morgan fingerprint density at radius 1 is 1.25 bits per heavy atom. The molecule has 1 N–H and O–H groups in total. The molecule has 0 aromatic heterocycles. The standard InChI is InChI=1S/C16H27NO2S/c1-4-15(20(18)13-9-12-19-3)16(17-5-2)14-10-7-6-8-11-14/h6-8,10-11,15-17H,4-5,9,12-13H2,1-3H3. The van der Waals surface area contributed by atoms with E-state index in [0.29, 0.717) is 12.4 Å². The molecule has 20 heavy (non-hydrogen) atoms. The number of nitrogens with one attached hydrogen (secondary N) is 1. The maximum Gasteiger partial charge on any atom is 0.0540 e. The van der Waals surface area contributed by atoms with Crippen LogP contribution in [0.3, 0.4) is 0 Å². The zero-order chi connectivity index (χ0) is 14.8. The van der Waals surface area contributed by atoms with Crippen molar-refractivity contribution in [3.8, 4) is 0 Å². The fourth-order valence-electron chi connectivity index (χ4n) is 2.41. The third kappa shape index (κ3) is 5.35. The predicted octanol–water partition coefficient (Wildman–Crippen LogP) is 2.90. The quantitative estimate of drug-likeness (QED) is 0.675. The lowest BCUT2D eigenvalue weighted by atomic mass is 10.0. The molecule has 0 aliphatic carbocycles. The Bertz CT molecular complexity index is 383. The van der Waals surface area contributed by atoms with Gasteiger partial charge in [0.1, 0.15) is 0 Å². The SMILES string of the molecule is CCNC(c1ccccc1)C(CC)S(=O)CCCOC. The molecule has 4 heteroatoms. The Balaban J connectivity index is 2.78. The summed E-state index contributed by atoms with van der Waals surface area (Å²) in [6.45, 7) is 5.77. The molecule has 0 radical (unpaired) electrons. The second-order valence-corrected chi connectivity index (χ2v) is 6.60. The number of benzene rings is 1. The van der Waals surface area contributed by atoms with Crippen LogP contribution in [0.4, 0.5) is 0 Å². The van der Waals surface area contributed by atoms with Crippen LogP contribution in [-0.4, -0.2) is 35.5 Å². The Labute approximate surface area is 125 Å². The van der Waals surface area contributed by atoms with Gasteiger partial charge in [-0.1, -0.05) is 44.2 Å². The maximum absolute atomic E-state index is 12.6. The van der Waals surface area contributed by atoms with E-state index < -0.39 is 10.8 Å². The second kappa shape index (κ2) is 10.1. The van der Waals surface area contributed by atoms with Crippen molar-refractivity contribution in [1.29, 1.82) is 0 Å². The summed E-state index contributed by atoms with van der Waals surface area (Å²) in [5, 5.41) is 3.64. The summed E-state index contributed by atoms with van der Waals surface area (Å²) < 4.78 is 17.6. The summed E-state index contributed by atoms with van der Waals surface area (Å²) in [6, 6.07) is 10.5. The molecule has 0 bridgehead atoms. The first-order valence-corrected chi connectivity index (χ1v) is 8.77. The van der Waals surface area contributed by atoms with Gasteiger partial charge in [0.05, 0.1) is 5.25 Å². The molecular formula is C16H27NO2S. The van der Waals surface area contributed by atoms with Crippen LogP contribution >= 0.6 is 0 Å². The Morgan fingerprint density at radius 3 is 2.50 bits per heavy atom. The highest BCUT2D eigenvalue weighted by molar-refractivity contribution is 7.85. The van der Waals surface area contributed by atoms with Crippen molar-refractivity contribution in [3.63, 3.8) is 0 Å². The molecule has 0 amide bonds. The molecule has 0 aliphatic heterocycles. The molecule has 0 saturated heterocycles. The van der Waals surface area contributed by atoms with Crippen LogP contribution in [0.2, 0.25) is 0 Å². The molecule has 3 nitrogen and oxygen atoms in total. The zero-order valence-corrected chi connectivity index (χ0v) is 13.6. The minimum atomic E-state index is -0.834. The second-order valence-electron chi connectivity index (χ2n) is 4.82. The van der Waals surface area contributed by atoms with Crippen LogP contribution in [0, 0.1) is 0 Å². The summed E-state index contributed by atoms with van der Waals surface area (Å²) >= 11 is 0. The van der Waals surface area contributed by atoms with E-state index in [0.717, 1.165) is 19.4 Å². The fraction of sp³-hybridized carbons (Fsp3) is 0.625. The normalized spacial score (nSPS) is 15.8. The molecule has 0 saturated carbocycles. The minimum Gasteiger partial charge on any atom is -0.385 e. The van der Waals surface area contributed by atoms with Crippen LogP contribution in [0.15, 0.2) is 30.3 Å². The molecule has 1 aromatic carbocycles.